The summed E-state index contributed by atoms with van der Waals surface area (Å²) in [5, 5.41) is 0. The van der Waals surface area contributed by atoms with Gasteiger partial charge in [-0.25, -0.2) is 0 Å². The van der Waals surface area contributed by atoms with Crippen molar-refractivity contribution in [3.63, 3.8) is 0 Å². The van der Waals surface area contributed by atoms with Gasteiger partial charge in [-0.2, -0.15) is 13.2 Å². The van der Waals surface area contributed by atoms with Crippen LogP contribution in [0.4, 0.5) is 13.2 Å². The van der Waals surface area contributed by atoms with Crippen molar-refractivity contribution in [1.29, 1.82) is 0 Å². The number of benzene rings is 2. The quantitative estimate of drug-likeness (QED) is 0.718. The molecule has 0 spiro atoms. The molecule has 0 atom stereocenters. The molecule has 1 nitrogen and oxygen atoms in total. The zero-order valence-electron chi connectivity index (χ0n) is 10.4. The van der Waals surface area contributed by atoms with Gasteiger partial charge >= 0.3 is 6.18 Å². The fourth-order valence-corrected chi connectivity index (χ4v) is 2.09. The van der Waals surface area contributed by atoms with Gasteiger partial charge < -0.3 is 0 Å². The first-order valence-corrected chi connectivity index (χ1v) is 6.06. The molecule has 1 heterocycles. The van der Waals surface area contributed by atoms with Crippen LogP contribution in [0.3, 0.4) is 0 Å². The molecular weight excluding hydrogens is 263 g/mol. The molecule has 0 aromatic heterocycles. The van der Waals surface area contributed by atoms with Gasteiger partial charge in [0.1, 0.15) is 0 Å². The highest BCUT2D eigenvalue weighted by molar-refractivity contribution is 6.01. The highest BCUT2D eigenvalue weighted by Gasteiger charge is 2.29. The van der Waals surface area contributed by atoms with E-state index in [2.05, 4.69) is 4.99 Å². The molecule has 2 aromatic rings. The van der Waals surface area contributed by atoms with E-state index in [9.17, 15) is 13.2 Å². The Morgan fingerprint density at radius 1 is 0.900 bits per heavy atom. The summed E-state index contributed by atoms with van der Waals surface area (Å²) >= 11 is 0. The number of halogens is 3. The van der Waals surface area contributed by atoms with Gasteiger partial charge in [0.05, 0.1) is 11.3 Å². The summed E-state index contributed by atoms with van der Waals surface area (Å²) in [4.78, 5) is 4.28. The number of nitrogens with zero attached hydrogens (tertiary/aromatic N) is 1. The summed E-state index contributed by atoms with van der Waals surface area (Å²) in [5.74, 6) is 0. The van der Waals surface area contributed by atoms with Crippen LogP contribution in [-0.4, -0.2) is 6.21 Å². The van der Waals surface area contributed by atoms with Crippen molar-refractivity contribution in [3.8, 4) is 0 Å². The van der Waals surface area contributed by atoms with Crippen LogP contribution in [0.5, 0.6) is 0 Å². The Balaban J connectivity index is 1.93. The lowest BCUT2D eigenvalue weighted by molar-refractivity contribution is -0.137. The lowest BCUT2D eigenvalue weighted by Gasteiger charge is -2.06. The molecule has 3 rings (SSSR count). The van der Waals surface area contributed by atoms with E-state index in [1.54, 1.807) is 12.3 Å². The fourth-order valence-electron chi connectivity index (χ4n) is 2.09. The summed E-state index contributed by atoms with van der Waals surface area (Å²) in [6, 6.07) is 12.8. The number of fused-ring (bicyclic) bond motifs is 1. The van der Waals surface area contributed by atoms with Crippen LogP contribution in [0.25, 0.3) is 11.8 Å². The summed E-state index contributed by atoms with van der Waals surface area (Å²) in [6.07, 6.45) is -0.766. The van der Waals surface area contributed by atoms with E-state index in [1.165, 1.54) is 12.1 Å². The standard InChI is InChI=1S/C16H10F3N/c17-16(18,19)13-7-5-11(6-8-13)9-15-14-4-2-1-3-12(14)10-20-15/h1-10H. The predicted molar refractivity (Wildman–Crippen MR) is 73.4 cm³/mol. The van der Waals surface area contributed by atoms with E-state index in [0.29, 0.717) is 5.56 Å². The average Bonchev–Trinajstić information content (AvgIpc) is 2.82. The zero-order chi connectivity index (χ0) is 14.2. The van der Waals surface area contributed by atoms with Gasteiger partial charge in [-0.15, -0.1) is 0 Å². The Morgan fingerprint density at radius 3 is 2.30 bits per heavy atom. The molecule has 0 saturated carbocycles. The van der Waals surface area contributed by atoms with Gasteiger partial charge in [-0.05, 0) is 23.8 Å². The third-order valence-corrected chi connectivity index (χ3v) is 3.12. The van der Waals surface area contributed by atoms with E-state index in [1.807, 2.05) is 24.3 Å². The average molecular weight is 273 g/mol. The maximum absolute atomic E-state index is 12.5. The Labute approximate surface area is 114 Å². The van der Waals surface area contributed by atoms with Crippen LogP contribution in [0.2, 0.25) is 0 Å². The van der Waals surface area contributed by atoms with Crippen LogP contribution in [0.15, 0.2) is 53.5 Å². The summed E-state index contributed by atoms with van der Waals surface area (Å²) in [6.45, 7) is 0. The first-order chi connectivity index (χ1) is 9.54. The molecule has 1 aliphatic rings. The van der Waals surface area contributed by atoms with Crippen LogP contribution in [0, 0.1) is 0 Å². The molecule has 4 heteroatoms. The third kappa shape index (κ3) is 2.37. The van der Waals surface area contributed by atoms with Crippen molar-refractivity contribution in [1.82, 2.24) is 0 Å². The third-order valence-electron chi connectivity index (χ3n) is 3.12. The minimum Gasteiger partial charge on any atom is -0.256 e. The largest absolute Gasteiger partial charge is 0.416 e. The van der Waals surface area contributed by atoms with E-state index in [4.69, 9.17) is 0 Å². The van der Waals surface area contributed by atoms with E-state index in [-0.39, 0.29) is 0 Å². The van der Waals surface area contributed by atoms with Crippen LogP contribution < -0.4 is 0 Å². The van der Waals surface area contributed by atoms with Gasteiger partial charge in [0.15, 0.2) is 0 Å². The van der Waals surface area contributed by atoms with Crippen molar-refractivity contribution in [2.24, 2.45) is 4.99 Å². The van der Waals surface area contributed by atoms with Crippen LogP contribution >= 0.6 is 0 Å². The topological polar surface area (TPSA) is 12.4 Å². The van der Waals surface area contributed by atoms with E-state index < -0.39 is 11.7 Å². The molecule has 0 aliphatic carbocycles. The van der Waals surface area contributed by atoms with Crippen molar-refractivity contribution < 1.29 is 13.2 Å². The van der Waals surface area contributed by atoms with Crippen molar-refractivity contribution >= 4 is 18.0 Å². The number of rotatable bonds is 1. The second-order valence-corrected chi connectivity index (χ2v) is 4.49. The van der Waals surface area contributed by atoms with Gasteiger partial charge in [0.2, 0.25) is 0 Å². The number of hydrogen-bond donors (Lipinski definition) is 0. The normalized spacial score (nSPS) is 15.7. The molecule has 0 N–H and O–H groups in total. The van der Waals surface area contributed by atoms with Crippen molar-refractivity contribution in [2.45, 2.75) is 6.18 Å². The van der Waals surface area contributed by atoms with Crippen molar-refractivity contribution in [2.75, 3.05) is 0 Å². The molecule has 0 bridgehead atoms. The molecule has 0 saturated heterocycles. The molecule has 20 heavy (non-hydrogen) atoms. The maximum atomic E-state index is 12.5. The maximum Gasteiger partial charge on any atom is 0.416 e. The Morgan fingerprint density at radius 2 is 1.60 bits per heavy atom. The lowest BCUT2D eigenvalue weighted by atomic mass is 10.1. The highest BCUT2D eigenvalue weighted by atomic mass is 19.4. The summed E-state index contributed by atoms with van der Waals surface area (Å²) in [5.41, 5.74) is 2.83. The summed E-state index contributed by atoms with van der Waals surface area (Å²) < 4.78 is 37.4. The number of alkyl halides is 3. The van der Waals surface area contributed by atoms with Gasteiger partial charge in [0.25, 0.3) is 0 Å². The summed E-state index contributed by atoms with van der Waals surface area (Å²) in [7, 11) is 0. The monoisotopic (exact) mass is 273 g/mol. The molecule has 0 unspecified atom stereocenters. The van der Waals surface area contributed by atoms with Gasteiger partial charge in [-0.1, -0.05) is 36.4 Å². The smallest absolute Gasteiger partial charge is 0.256 e. The fraction of sp³-hybridized carbons (Fsp3) is 0.0625. The van der Waals surface area contributed by atoms with Gasteiger partial charge in [-0.3, -0.25) is 4.99 Å². The lowest BCUT2D eigenvalue weighted by Crippen LogP contribution is -2.03. The molecule has 2 aromatic carbocycles. The van der Waals surface area contributed by atoms with Crippen LogP contribution in [-0.2, 0) is 6.18 Å². The minimum absolute atomic E-state index is 0.644. The number of hydrogen-bond acceptors (Lipinski definition) is 1. The second kappa shape index (κ2) is 4.63. The Hall–Kier alpha value is -2.36. The van der Waals surface area contributed by atoms with E-state index in [0.717, 1.165) is 29.0 Å². The molecule has 0 fully saturated rings. The molecule has 100 valence electrons. The Bertz CT molecular complexity index is 694. The first-order valence-electron chi connectivity index (χ1n) is 6.06. The van der Waals surface area contributed by atoms with E-state index >= 15 is 0 Å². The minimum atomic E-state index is -4.30. The van der Waals surface area contributed by atoms with Crippen molar-refractivity contribution in [3.05, 3.63) is 70.8 Å². The second-order valence-electron chi connectivity index (χ2n) is 4.49. The number of aliphatic imine (C=N–C) groups is 1. The predicted octanol–water partition coefficient (Wildman–Crippen LogP) is 4.64. The first kappa shape index (κ1) is 12.7. The molecule has 1 aliphatic heterocycles. The molecule has 0 amide bonds. The SMILES string of the molecule is FC(F)(F)c1ccc(C=C2N=Cc3ccccc32)cc1. The molecular formula is C16H10F3N. The Kier molecular flexibility index (Phi) is 2.93. The van der Waals surface area contributed by atoms with Crippen LogP contribution in [0.1, 0.15) is 22.3 Å². The van der Waals surface area contributed by atoms with Gasteiger partial charge in [0, 0.05) is 17.3 Å². The highest BCUT2D eigenvalue weighted by Crippen LogP contribution is 2.31. The molecule has 0 radical (unpaired) electrons. The zero-order valence-corrected chi connectivity index (χ0v) is 10.4.